The third-order valence-electron chi connectivity index (χ3n) is 3.44. The average molecular weight is 356 g/mol. The number of benzene rings is 2. The second-order valence-corrected chi connectivity index (χ2v) is 5.97. The third kappa shape index (κ3) is 2.99. The first-order valence-corrected chi connectivity index (χ1v) is 7.64. The lowest BCUT2D eigenvalue weighted by molar-refractivity contribution is 0.102. The van der Waals surface area contributed by atoms with Crippen LogP contribution in [0.4, 0.5) is 5.69 Å². The maximum Gasteiger partial charge on any atom is 0.255 e. The van der Waals surface area contributed by atoms with Crippen LogP contribution in [0.15, 0.2) is 46.9 Å². The number of aryl methyl sites for hydroxylation is 2. The predicted octanol–water partition coefficient (Wildman–Crippen LogP) is 4.26. The molecule has 3 aromatic rings. The molecule has 4 nitrogen and oxygen atoms in total. The number of fused-ring (bicyclic) bond motifs is 1. The minimum Gasteiger partial charge on any atom is -0.322 e. The van der Waals surface area contributed by atoms with Crippen LogP contribution in [0.25, 0.3) is 11.0 Å². The summed E-state index contributed by atoms with van der Waals surface area (Å²) in [6, 6.07) is 12.8. The second kappa shape index (κ2) is 5.85. The number of nitrogens with zero attached hydrogens (tertiary/aromatic N) is 2. The number of hydrogen-bond acceptors (Lipinski definition) is 3. The Kier molecular flexibility index (Phi) is 3.90. The van der Waals surface area contributed by atoms with Crippen LogP contribution >= 0.6 is 15.9 Å². The molecule has 110 valence electrons. The van der Waals surface area contributed by atoms with E-state index in [1.165, 1.54) is 0 Å². The van der Waals surface area contributed by atoms with Crippen LogP contribution < -0.4 is 5.32 Å². The van der Waals surface area contributed by atoms with Gasteiger partial charge in [0.2, 0.25) is 0 Å². The fourth-order valence-corrected chi connectivity index (χ4v) is 2.37. The van der Waals surface area contributed by atoms with Crippen LogP contribution in [0, 0.1) is 13.8 Å². The van der Waals surface area contributed by atoms with Crippen molar-refractivity contribution >= 4 is 38.6 Å². The van der Waals surface area contributed by atoms with Crippen molar-refractivity contribution in [2.24, 2.45) is 0 Å². The van der Waals surface area contributed by atoms with Crippen molar-refractivity contribution in [1.29, 1.82) is 0 Å². The van der Waals surface area contributed by atoms with Crippen molar-refractivity contribution in [3.05, 3.63) is 63.9 Å². The molecule has 1 N–H and O–H groups in total. The van der Waals surface area contributed by atoms with Gasteiger partial charge in [-0.3, -0.25) is 4.79 Å². The normalized spacial score (nSPS) is 10.7. The van der Waals surface area contributed by atoms with Crippen molar-refractivity contribution in [3.63, 3.8) is 0 Å². The average Bonchev–Trinajstić information content (AvgIpc) is 2.50. The Morgan fingerprint density at radius 3 is 2.27 bits per heavy atom. The van der Waals surface area contributed by atoms with Gasteiger partial charge in [-0.15, -0.1) is 0 Å². The number of hydrogen-bond donors (Lipinski definition) is 1. The van der Waals surface area contributed by atoms with E-state index in [4.69, 9.17) is 0 Å². The van der Waals surface area contributed by atoms with Gasteiger partial charge in [-0.25, -0.2) is 9.97 Å². The Bertz CT molecular complexity index is 860. The number of anilines is 1. The van der Waals surface area contributed by atoms with E-state index in [-0.39, 0.29) is 5.91 Å². The molecule has 0 atom stereocenters. The lowest BCUT2D eigenvalue weighted by Gasteiger charge is -2.07. The molecule has 3 rings (SSSR count). The summed E-state index contributed by atoms with van der Waals surface area (Å²) in [6.45, 7) is 3.84. The van der Waals surface area contributed by atoms with Crippen molar-refractivity contribution < 1.29 is 4.79 Å². The lowest BCUT2D eigenvalue weighted by atomic mass is 10.1. The van der Waals surface area contributed by atoms with E-state index in [1.54, 1.807) is 12.1 Å². The molecule has 0 aliphatic rings. The molecule has 0 aliphatic heterocycles. The predicted molar refractivity (Wildman–Crippen MR) is 91.1 cm³/mol. The van der Waals surface area contributed by atoms with E-state index in [9.17, 15) is 4.79 Å². The molecule has 0 radical (unpaired) electrons. The Morgan fingerprint density at radius 2 is 1.59 bits per heavy atom. The van der Waals surface area contributed by atoms with Crippen molar-refractivity contribution in [1.82, 2.24) is 9.97 Å². The molecule has 0 spiro atoms. The molecule has 0 unspecified atom stereocenters. The van der Waals surface area contributed by atoms with Crippen molar-refractivity contribution in [2.75, 3.05) is 5.32 Å². The largest absolute Gasteiger partial charge is 0.322 e. The molecule has 1 heterocycles. The van der Waals surface area contributed by atoms with Crippen LogP contribution in [0.2, 0.25) is 0 Å². The molecular formula is C17H14BrN3O. The van der Waals surface area contributed by atoms with E-state index < -0.39 is 0 Å². The number of rotatable bonds is 2. The number of halogens is 1. The SMILES string of the molecule is Cc1nc2ccc(C(=O)Nc3ccc(Br)cc3)cc2nc1C. The Hall–Kier alpha value is -2.27. The number of aromatic nitrogens is 2. The Morgan fingerprint density at radius 1 is 0.955 bits per heavy atom. The van der Waals surface area contributed by atoms with Gasteiger partial charge in [0.25, 0.3) is 5.91 Å². The summed E-state index contributed by atoms with van der Waals surface area (Å²) < 4.78 is 0.970. The monoisotopic (exact) mass is 355 g/mol. The van der Waals surface area contributed by atoms with Crippen LogP contribution in [-0.2, 0) is 0 Å². The zero-order chi connectivity index (χ0) is 15.7. The maximum atomic E-state index is 12.3. The smallest absolute Gasteiger partial charge is 0.255 e. The molecule has 1 aromatic heterocycles. The van der Waals surface area contributed by atoms with Crippen LogP contribution in [0.3, 0.4) is 0 Å². The lowest BCUT2D eigenvalue weighted by Crippen LogP contribution is -2.12. The maximum absolute atomic E-state index is 12.3. The van der Waals surface area contributed by atoms with Gasteiger partial charge in [0.15, 0.2) is 0 Å². The molecule has 0 saturated carbocycles. The molecule has 0 saturated heterocycles. The topological polar surface area (TPSA) is 54.9 Å². The molecule has 5 heteroatoms. The van der Waals surface area contributed by atoms with Crippen LogP contribution in [-0.4, -0.2) is 15.9 Å². The van der Waals surface area contributed by atoms with Gasteiger partial charge in [-0.2, -0.15) is 0 Å². The Balaban J connectivity index is 1.90. The van der Waals surface area contributed by atoms with E-state index in [1.807, 2.05) is 44.2 Å². The zero-order valence-electron chi connectivity index (χ0n) is 12.2. The fourth-order valence-electron chi connectivity index (χ4n) is 2.11. The van der Waals surface area contributed by atoms with Gasteiger partial charge in [-0.05, 0) is 56.3 Å². The highest BCUT2D eigenvalue weighted by Gasteiger charge is 2.09. The van der Waals surface area contributed by atoms with Crippen molar-refractivity contribution in [2.45, 2.75) is 13.8 Å². The van der Waals surface area contributed by atoms with E-state index in [2.05, 4.69) is 31.2 Å². The van der Waals surface area contributed by atoms with Gasteiger partial charge in [-0.1, -0.05) is 15.9 Å². The minimum absolute atomic E-state index is 0.163. The molecule has 2 aromatic carbocycles. The zero-order valence-corrected chi connectivity index (χ0v) is 13.8. The van der Waals surface area contributed by atoms with Gasteiger partial charge in [0.1, 0.15) is 0 Å². The standard InChI is InChI=1S/C17H14BrN3O/c1-10-11(2)20-16-9-12(3-8-15(16)19-10)17(22)21-14-6-4-13(18)5-7-14/h3-9H,1-2H3,(H,21,22). The first kappa shape index (κ1) is 14.7. The van der Waals surface area contributed by atoms with E-state index in [0.29, 0.717) is 5.56 Å². The molecule has 0 aliphatic carbocycles. The molecular weight excluding hydrogens is 342 g/mol. The number of nitrogens with one attached hydrogen (secondary N) is 1. The van der Waals surface area contributed by atoms with E-state index >= 15 is 0 Å². The summed E-state index contributed by atoms with van der Waals surface area (Å²) in [5, 5.41) is 2.87. The first-order chi connectivity index (χ1) is 10.5. The summed E-state index contributed by atoms with van der Waals surface area (Å²) in [5.74, 6) is -0.163. The molecule has 0 fully saturated rings. The summed E-state index contributed by atoms with van der Waals surface area (Å²) >= 11 is 3.37. The highest BCUT2D eigenvalue weighted by atomic mass is 79.9. The first-order valence-electron chi connectivity index (χ1n) is 6.85. The number of carbonyl (C=O) groups is 1. The molecule has 22 heavy (non-hydrogen) atoms. The highest BCUT2D eigenvalue weighted by molar-refractivity contribution is 9.10. The number of amides is 1. The molecule has 0 bridgehead atoms. The van der Waals surface area contributed by atoms with Gasteiger partial charge >= 0.3 is 0 Å². The fraction of sp³-hybridized carbons (Fsp3) is 0.118. The Labute approximate surface area is 136 Å². The van der Waals surface area contributed by atoms with Crippen LogP contribution in [0.1, 0.15) is 21.7 Å². The van der Waals surface area contributed by atoms with Crippen molar-refractivity contribution in [3.8, 4) is 0 Å². The summed E-state index contributed by atoms with van der Waals surface area (Å²) in [7, 11) is 0. The summed E-state index contributed by atoms with van der Waals surface area (Å²) in [4.78, 5) is 21.3. The summed E-state index contributed by atoms with van der Waals surface area (Å²) in [5.41, 5.74) is 4.61. The van der Waals surface area contributed by atoms with E-state index in [0.717, 1.165) is 32.6 Å². The minimum atomic E-state index is -0.163. The highest BCUT2D eigenvalue weighted by Crippen LogP contribution is 2.17. The molecule has 1 amide bonds. The summed E-state index contributed by atoms with van der Waals surface area (Å²) in [6.07, 6.45) is 0. The van der Waals surface area contributed by atoms with Gasteiger partial charge in [0, 0.05) is 15.7 Å². The van der Waals surface area contributed by atoms with Crippen LogP contribution in [0.5, 0.6) is 0 Å². The second-order valence-electron chi connectivity index (χ2n) is 5.06. The third-order valence-corrected chi connectivity index (χ3v) is 3.97. The number of carbonyl (C=O) groups excluding carboxylic acids is 1. The van der Waals surface area contributed by atoms with Gasteiger partial charge in [0.05, 0.1) is 22.4 Å². The van der Waals surface area contributed by atoms with Gasteiger partial charge < -0.3 is 5.32 Å². The quantitative estimate of drug-likeness (QED) is 0.746.